The van der Waals surface area contributed by atoms with E-state index in [1.807, 2.05) is 0 Å². The Morgan fingerprint density at radius 2 is 1.77 bits per heavy atom. The van der Waals surface area contributed by atoms with Gasteiger partial charge in [-0.05, 0) is 24.6 Å². The molecule has 0 saturated carbocycles. The van der Waals surface area contributed by atoms with Crippen LogP contribution in [0, 0.1) is 0 Å². The van der Waals surface area contributed by atoms with E-state index in [9.17, 15) is 8.78 Å². The van der Waals surface area contributed by atoms with Gasteiger partial charge in [-0.2, -0.15) is 0 Å². The van der Waals surface area contributed by atoms with E-state index in [2.05, 4.69) is 15.9 Å². The van der Waals surface area contributed by atoms with E-state index < -0.39 is 12.0 Å². The Morgan fingerprint density at radius 3 is 2.15 bits per heavy atom. The molecule has 1 unspecified atom stereocenters. The van der Waals surface area contributed by atoms with Crippen LogP contribution in [0.2, 0.25) is 0 Å². The van der Waals surface area contributed by atoms with Gasteiger partial charge in [0.15, 0.2) is 0 Å². The summed E-state index contributed by atoms with van der Waals surface area (Å²) in [6.07, 6.45) is -2.56. The summed E-state index contributed by atoms with van der Waals surface area (Å²) in [5.41, 5.74) is 4.33. The van der Waals surface area contributed by atoms with Crippen LogP contribution in [0.25, 0.3) is 0 Å². The van der Waals surface area contributed by atoms with Crippen LogP contribution in [0.15, 0.2) is 28.7 Å². The third-order valence-corrected chi connectivity index (χ3v) is 2.45. The number of hydrogen-bond acceptors (Lipinski definition) is 1. The van der Waals surface area contributed by atoms with E-state index in [4.69, 9.17) is 5.73 Å². The first-order chi connectivity index (χ1) is 5.94. The second-order valence-corrected chi connectivity index (χ2v) is 4.01. The lowest BCUT2D eigenvalue weighted by Gasteiger charge is -2.23. The molecule has 0 amide bonds. The summed E-state index contributed by atoms with van der Waals surface area (Å²) in [5, 5.41) is 0. The van der Waals surface area contributed by atoms with Crippen molar-refractivity contribution in [3.8, 4) is 0 Å². The van der Waals surface area contributed by atoms with Crippen LogP contribution in [0.3, 0.4) is 0 Å². The normalized spacial score (nSPS) is 15.8. The third kappa shape index (κ3) is 2.25. The second-order valence-electron chi connectivity index (χ2n) is 3.09. The Balaban J connectivity index is 3.01. The van der Waals surface area contributed by atoms with Crippen molar-refractivity contribution in [3.63, 3.8) is 0 Å². The predicted molar refractivity (Wildman–Crippen MR) is 51.7 cm³/mol. The summed E-state index contributed by atoms with van der Waals surface area (Å²) >= 11 is 3.22. The predicted octanol–water partition coefficient (Wildman–Crippen LogP) is 2.89. The van der Waals surface area contributed by atoms with Crippen LogP contribution >= 0.6 is 15.9 Å². The zero-order valence-electron chi connectivity index (χ0n) is 7.10. The molecule has 1 aromatic carbocycles. The number of hydrogen-bond donors (Lipinski definition) is 1. The number of benzene rings is 1. The lowest BCUT2D eigenvalue weighted by Crippen LogP contribution is -2.40. The summed E-state index contributed by atoms with van der Waals surface area (Å²) in [6, 6.07) is 6.58. The lowest BCUT2D eigenvalue weighted by molar-refractivity contribution is 0.0625. The molecule has 0 saturated heterocycles. The standard InChI is InChI=1S/C9H10BrF2N/c1-9(13,8(11)12)6-2-4-7(10)5-3-6/h2-5,8H,13H2,1H3. The summed E-state index contributed by atoms with van der Waals surface area (Å²) < 4.78 is 25.8. The highest BCUT2D eigenvalue weighted by atomic mass is 79.9. The number of halogens is 3. The molecule has 0 bridgehead atoms. The molecule has 0 aliphatic rings. The fraction of sp³-hybridized carbons (Fsp3) is 0.333. The highest BCUT2D eigenvalue weighted by molar-refractivity contribution is 9.10. The van der Waals surface area contributed by atoms with Crippen LogP contribution in [0.1, 0.15) is 12.5 Å². The van der Waals surface area contributed by atoms with Crippen LogP contribution in [0.4, 0.5) is 8.78 Å². The average Bonchev–Trinajstić information content (AvgIpc) is 2.04. The molecule has 0 fully saturated rings. The van der Waals surface area contributed by atoms with Crippen LogP contribution < -0.4 is 5.73 Å². The Morgan fingerprint density at radius 1 is 1.31 bits per heavy atom. The maximum atomic E-state index is 12.5. The quantitative estimate of drug-likeness (QED) is 0.858. The van der Waals surface area contributed by atoms with Gasteiger partial charge < -0.3 is 5.73 Å². The summed E-state index contributed by atoms with van der Waals surface area (Å²) in [6.45, 7) is 1.32. The Labute approximate surface area is 84.1 Å². The first kappa shape index (κ1) is 10.6. The van der Waals surface area contributed by atoms with E-state index in [1.54, 1.807) is 24.3 Å². The van der Waals surface area contributed by atoms with Crippen molar-refractivity contribution in [2.75, 3.05) is 0 Å². The molecule has 0 aliphatic carbocycles. The van der Waals surface area contributed by atoms with E-state index >= 15 is 0 Å². The third-order valence-electron chi connectivity index (χ3n) is 1.92. The Kier molecular flexibility index (Phi) is 3.03. The van der Waals surface area contributed by atoms with E-state index in [-0.39, 0.29) is 0 Å². The summed E-state index contributed by atoms with van der Waals surface area (Å²) in [5.74, 6) is 0. The van der Waals surface area contributed by atoms with Crippen LogP contribution in [0.5, 0.6) is 0 Å². The molecule has 0 radical (unpaired) electrons. The lowest BCUT2D eigenvalue weighted by atomic mass is 9.94. The molecule has 2 N–H and O–H groups in total. The molecule has 4 heteroatoms. The average molecular weight is 250 g/mol. The van der Waals surface area contributed by atoms with Crippen molar-refractivity contribution in [1.82, 2.24) is 0 Å². The molecule has 1 nitrogen and oxygen atoms in total. The first-order valence-corrected chi connectivity index (χ1v) is 4.57. The monoisotopic (exact) mass is 249 g/mol. The molecule has 1 rings (SSSR count). The first-order valence-electron chi connectivity index (χ1n) is 3.77. The van der Waals surface area contributed by atoms with Crippen molar-refractivity contribution in [3.05, 3.63) is 34.3 Å². The van der Waals surface area contributed by atoms with Gasteiger partial charge in [-0.25, -0.2) is 8.78 Å². The minimum absolute atomic E-state index is 0.436. The van der Waals surface area contributed by atoms with Crippen molar-refractivity contribution in [2.45, 2.75) is 18.9 Å². The minimum atomic E-state index is -2.56. The topological polar surface area (TPSA) is 26.0 Å². The fourth-order valence-corrected chi connectivity index (χ4v) is 1.20. The molecule has 72 valence electrons. The molecular formula is C9H10BrF2N. The summed E-state index contributed by atoms with van der Waals surface area (Å²) in [4.78, 5) is 0. The van der Waals surface area contributed by atoms with Crippen molar-refractivity contribution < 1.29 is 8.78 Å². The highest BCUT2D eigenvalue weighted by Crippen LogP contribution is 2.26. The van der Waals surface area contributed by atoms with Crippen LogP contribution in [-0.4, -0.2) is 6.43 Å². The van der Waals surface area contributed by atoms with Crippen LogP contribution in [-0.2, 0) is 5.54 Å². The smallest absolute Gasteiger partial charge is 0.260 e. The molecule has 1 atom stereocenters. The van der Waals surface area contributed by atoms with Crippen molar-refractivity contribution in [2.24, 2.45) is 5.73 Å². The van der Waals surface area contributed by atoms with Gasteiger partial charge in [0.2, 0.25) is 0 Å². The summed E-state index contributed by atoms with van der Waals surface area (Å²) in [7, 11) is 0. The number of nitrogens with two attached hydrogens (primary N) is 1. The minimum Gasteiger partial charge on any atom is -0.317 e. The maximum absolute atomic E-state index is 12.5. The van der Waals surface area contributed by atoms with Crippen molar-refractivity contribution >= 4 is 15.9 Å². The van der Waals surface area contributed by atoms with Gasteiger partial charge in [-0.3, -0.25) is 0 Å². The zero-order valence-corrected chi connectivity index (χ0v) is 8.68. The largest absolute Gasteiger partial charge is 0.317 e. The Bertz CT molecular complexity index is 282. The fourth-order valence-electron chi connectivity index (χ4n) is 0.935. The van der Waals surface area contributed by atoms with Gasteiger partial charge >= 0.3 is 0 Å². The highest BCUT2D eigenvalue weighted by Gasteiger charge is 2.31. The maximum Gasteiger partial charge on any atom is 0.260 e. The molecule has 0 aromatic heterocycles. The SMILES string of the molecule is CC(N)(c1ccc(Br)cc1)C(F)F. The molecule has 0 aliphatic heterocycles. The molecule has 13 heavy (non-hydrogen) atoms. The number of alkyl halides is 2. The molecule has 0 heterocycles. The number of rotatable bonds is 2. The van der Waals surface area contributed by atoms with Gasteiger partial charge in [0.25, 0.3) is 6.43 Å². The van der Waals surface area contributed by atoms with E-state index in [0.717, 1.165) is 4.47 Å². The second kappa shape index (κ2) is 3.72. The Hall–Kier alpha value is -0.480. The van der Waals surface area contributed by atoms with E-state index in [1.165, 1.54) is 6.92 Å². The molecule has 0 spiro atoms. The van der Waals surface area contributed by atoms with Crippen molar-refractivity contribution in [1.29, 1.82) is 0 Å². The van der Waals surface area contributed by atoms with Gasteiger partial charge in [0.05, 0.1) is 5.54 Å². The van der Waals surface area contributed by atoms with Gasteiger partial charge in [-0.15, -0.1) is 0 Å². The van der Waals surface area contributed by atoms with Gasteiger partial charge in [0.1, 0.15) is 0 Å². The van der Waals surface area contributed by atoms with Gasteiger partial charge in [0, 0.05) is 4.47 Å². The van der Waals surface area contributed by atoms with E-state index in [0.29, 0.717) is 5.56 Å². The molecular weight excluding hydrogens is 240 g/mol. The van der Waals surface area contributed by atoms with Gasteiger partial charge in [-0.1, -0.05) is 28.1 Å². The molecule has 1 aromatic rings. The zero-order chi connectivity index (χ0) is 10.1.